The van der Waals surface area contributed by atoms with Crippen LogP contribution in [0.4, 0.5) is 0 Å². The number of fused-ring (bicyclic) bond motifs is 1. The van der Waals surface area contributed by atoms with Crippen LogP contribution in [0.15, 0.2) is 47.3 Å². The molecule has 0 saturated heterocycles. The molecule has 31 heavy (non-hydrogen) atoms. The summed E-state index contributed by atoms with van der Waals surface area (Å²) in [6.07, 6.45) is 5.82. The van der Waals surface area contributed by atoms with Gasteiger partial charge in [-0.1, -0.05) is 29.4 Å². The fourth-order valence-electron chi connectivity index (χ4n) is 3.30. The summed E-state index contributed by atoms with van der Waals surface area (Å²) in [6, 6.07) is 4.23. The number of benzene rings is 2. The van der Waals surface area contributed by atoms with Gasteiger partial charge in [0.2, 0.25) is 5.78 Å². The summed E-state index contributed by atoms with van der Waals surface area (Å²) in [7, 11) is 0. The predicted octanol–water partition coefficient (Wildman–Crippen LogP) is 5.14. The van der Waals surface area contributed by atoms with Crippen molar-refractivity contribution in [2.45, 2.75) is 40.5 Å². The second kappa shape index (κ2) is 8.60. The molecule has 0 spiro atoms. The summed E-state index contributed by atoms with van der Waals surface area (Å²) < 4.78 is 5.63. The first-order valence-electron chi connectivity index (χ1n) is 9.92. The Morgan fingerprint density at radius 1 is 0.871 bits per heavy atom. The highest BCUT2D eigenvalue weighted by Gasteiger charge is 2.33. The highest BCUT2D eigenvalue weighted by molar-refractivity contribution is 6.16. The topological polar surface area (TPSA) is 107 Å². The Bertz CT molecular complexity index is 1140. The third-order valence-corrected chi connectivity index (χ3v) is 5.03. The van der Waals surface area contributed by atoms with E-state index < -0.39 is 5.78 Å². The van der Waals surface area contributed by atoms with Gasteiger partial charge in [0, 0.05) is 17.2 Å². The molecular formula is C25H26O6. The Hall–Kier alpha value is -3.67. The average molecular weight is 422 g/mol. The molecule has 6 nitrogen and oxygen atoms in total. The maximum absolute atomic E-state index is 13.0. The van der Waals surface area contributed by atoms with Crippen LogP contribution < -0.4 is 4.74 Å². The summed E-state index contributed by atoms with van der Waals surface area (Å²) >= 11 is 0. The van der Waals surface area contributed by atoms with Crippen LogP contribution in [0.2, 0.25) is 0 Å². The molecule has 2 aromatic carbocycles. The van der Waals surface area contributed by atoms with Gasteiger partial charge in [0.15, 0.2) is 17.3 Å². The number of hydrogen-bond acceptors (Lipinski definition) is 6. The van der Waals surface area contributed by atoms with Crippen LogP contribution >= 0.6 is 0 Å². The van der Waals surface area contributed by atoms with Crippen molar-refractivity contribution in [3.63, 3.8) is 0 Å². The van der Waals surface area contributed by atoms with Gasteiger partial charge in [-0.25, -0.2) is 0 Å². The molecule has 0 aliphatic carbocycles. The summed E-state index contributed by atoms with van der Waals surface area (Å²) in [6.45, 7) is 7.63. The zero-order valence-corrected chi connectivity index (χ0v) is 18.0. The predicted molar refractivity (Wildman–Crippen MR) is 119 cm³/mol. The monoisotopic (exact) mass is 422 g/mol. The number of hydrogen-bond donors (Lipinski definition) is 4. The van der Waals surface area contributed by atoms with Crippen LogP contribution in [0.5, 0.6) is 28.7 Å². The van der Waals surface area contributed by atoms with Crippen molar-refractivity contribution in [2.75, 3.05) is 0 Å². The summed E-state index contributed by atoms with van der Waals surface area (Å²) in [5.41, 5.74) is 3.24. The number of ketones is 1. The lowest BCUT2D eigenvalue weighted by Crippen LogP contribution is -2.00. The normalized spacial score (nSPS) is 13.7. The molecule has 0 saturated carbocycles. The molecule has 0 fully saturated rings. The molecule has 1 heterocycles. The van der Waals surface area contributed by atoms with Crippen LogP contribution in [0.3, 0.4) is 0 Å². The Labute approximate surface area is 181 Å². The van der Waals surface area contributed by atoms with E-state index in [2.05, 4.69) is 0 Å². The van der Waals surface area contributed by atoms with Gasteiger partial charge < -0.3 is 25.2 Å². The number of aromatic hydroxyl groups is 4. The van der Waals surface area contributed by atoms with E-state index in [1.807, 2.05) is 39.8 Å². The number of allylic oxidation sites excluding steroid dienone is 5. The van der Waals surface area contributed by atoms with E-state index in [0.29, 0.717) is 17.5 Å². The summed E-state index contributed by atoms with van der Waals surface area (Å²) in [5.74, 6) is -1.49. The van der Waals surface area contributed by atoms with Gasteiger partial charge in [-0.2, -0.15) is 0 Å². The number of ether oxygens (including phenoxy) is 1. The molecule has 162 valence electrons. The minimum atomic E-state index is -0.522. The van der Waals surface area contributed by atoms with Crippen molar-refractivity contribution in [1.82, 2.24) is 0 Å². The van der Waals surface area contributed by atoms with E-state index in [1.165, 1.54) is 18.2 Å². The van der Waals surface area contributed by atoms with Gasteiger partial charge in [-0.05, 0) is 58.2 Å². The van der Waals surface area contributed by atoms with E-state index in [9.17, 15) is 25.2 Å². The zero-order chi connectivity index (χ0) is 22.9. The standard InChI is InChI=1S/C25H26O6/c1-13(2)5-8-16-15(7-10-18(26)23(16)28)11-21-25(30)22-20(31-21)12-19(27)17(24(22)29)9-6-14(3)4/h5-7,10-12,26-29H,8-9H2,1-4H3. The first-order valence-corrected chi connectivity index (χ1v) is 9.92. The van der Waals surface area contributed by atoms with Crippen LogP contribution in [-0.2, 0) is 12.8 Å². The van der Waals surface area contributed by atoms with Crippen molar-refractivity contribution >= 4 is 11.9 Å². The lowest BCUT2D eigenvalue weighted by molar-refractivity contribution is 0.101. The van der Waals surface area contributed by atoms with E-state index in [1.54, 1.807) is 6.07 Å². The molecule has 1 aliphatic heterocycles. The van der Waals surface area contributed by atoms with Gasteiger partial charge >= 0.3 is 0 Å². The van der Waals surface area contributed by atoms with Gasteiger partial charge in [0.1, 0.15) is 22.8 Å². The van der Waals surface area contributed by atoms with Crippen molar-refractivity contribution in [3.05, 3.63) is 69.5 Å². The second-order valence-corrected chi connectivity index (χ2v) is 8.01. The Morgan fingerprint density at radius 3 is 2.10 bits per heavy atom. The number of carbonyl (C=O) groups is 1. The second-order valence-electron chi connectivity index (χ2n) is 8.01. The van der Waals surface area contributed by atoms with Crippen molar-refractivity contribution < 1.29 is 30.0 Å². The van der Waals surface area contributed by atoms with Gasteiger partial charge in [-0.3, -0.25) is 4.79 Å². The summed E-state index contributed by atoms with van der Waals surface area (Å²) in [5, 5.41) is 41.1. The van der Waals surface area contributed by atoms with E-state index >= 15 is 0 Å². The highest BCUT2D eigenvalue weighted by atomic mass is 16.5. The van der Waals surface area contributed by atoms with Crippen molar-refractivity contribution in [3.8, 4) is 28.7 Å². The third kappa shape index (κ3) is 4.43. The maximum Gasteiger partial charge on any atom is 0.235 e. The summed E-state index contributed by atoms with van der Waals surface area (Å²) in [4.78, 5) is 13.0. The first kappa shape index (κ1) is 22.0. The minimum absolute atomic E-state index is 0.00458. The zero-order valence-electron chi connectivity index (χ0n) is 18.0. The van der Waals surface area contributed by atoms with Crippen LogP contribution in [-0.4, -0.2) is 26.2 Å². The molecule has 2 aromatic rings. The number of Topliss-reactive ketones (excluding diaryl/α,β-unsaturated/α-hetero) is 1. The van der Waals surface area contributed by atoms with E-state index in [4.69, 9.17) is 4.74 Å². The Morgan fingerprint density at radius 2 is 1.48 bits per heavy atom. The molecule has 6 heteroatoms. The van der Waals surface area contributed by atoms with Crippen LogP contribution in [0.25, 0.3) is 6.08 Å². The van der Waals surface area contributed by atoms with E-state index in [-0.39, 0.29) is 52.1 Å². The maximum atomic E-state index is 13.0. The Kier molecular flexibility index (Phi) is 6.11. The lowest BCUT2D eigenvalue weighted by atomic mass is 9.98. The number of phenolic OH excluding ortho intramolecular Hbond substituents is 4. The van der Waals surface area contributed by atoms with Crippen LogP contribution in [0.1, 0.15) is 54.7 Å². The van der Waals surface area contributed by atoms with Gasteiger partial charge in [0.25, 0.3) is 0 Å². The van der Waals surface area contributed by atoms with E-state index in [0.717, 1.165) is 11.1 Å². The first-order chi connectivity index (χ1) is 14.6. The molecule has 0 aromatic heterocycles. The van der Waals surface area contributed by atoms with Gasteiger partial charge in [0.05, 0.1) is 0 Å². The number of phenols is 4. The fourth-order valence-corrected chi connectivity index (χ4v) is 3.30. The molecule has 0 atom stereocenters. The van der Waals surface area contributed by atoms with Crippen LogP contribution in [0, 0.1) is 0 Å². The highest BCUT2D eigenvalue weighted by Crippen LogP contribution is 2.44. The molecule has 0 unspecified atom stereocenters. The van der Waals surface area contributed by atoms with Gasteiger partial charge in [-0.15, -0.1) is 0 Å². The third-order valence-electron chi connectivity index (χ3n) is 5.03. The SMILES string of the molecule is CC(C)=CCc1c(O)cc2c(c1O)C(=O)C(=Cc1ccc(O)c(O)c1CC=C(C)C)O2. The molecule has 1 aliphatic rings. The lowest BCUT2D eigenvalue weighted by Gasteiger charge is -2.09. The van der Waals surface area contributed by atoms with Crippen molar-refractivity contribution in [1.29, 1.82) is 0 Å². The molecular weight excluding hydrogens is 396 g/mol. The average Bonchev–Trinajstić information content (AvgIpc) is 2.99. The largest absolute Gasteiger partial charge is 0.507 e. The van der Waals surface area contributed by atoms with Crippen molar-refractivity contribution in [2.24, 2.45) is 0 Å². The molecule has 0 bridgehead atoms. The molecule has 0 radical (unpaired) electrons. The molecule has 3 rings (SSSR count). The number of carbonyl (C=O) groups excluding carboxylic acids is 1. The fraction of sp³-hybridized carbons (Fsp3) is 0.240. The Balaban J connectivity index is 2.05. The quantitative estimate of drug-likeness (QED) is 0.302. The smallest absolute Gasteiger partial charge is 0.235 e. The number of rotatable bonds is 5. The molecule has 0 amide bonds. The minimum Gasteiger partial charge on any atom is -0.507 e. The molecule has 4 N–H and O–H groups in total.